The van der Waals surface area contributed by atoms with Crippen LogP contribution in [0.3, 0.4) is 0 Å². The van der Waals surface area contributed by atoms with Crippen LogP contribution in [0.1, 0.15) is 10.4 Å². The number of fused-ring (bicyclic) bond motifs is 1. The summed E-state index contributed by atoms with van der Waals surface area (Å²) >= 11 is 0. The van der Waals surface area contributed by atoms with Crippen LogP contribution >= 0.6 is 0 Å². The van der Waals surface area contributed by atoms with E-state index >= 15 is 0 Å². The van der Waals surface area contributed by atoms with Crippen LogP contribution in [0.5, 0.6) is 5.75 Å². The smallest absolute Gasteiger partial charge is 0.339 e. The van der Waals surface area contributed by atoms with Crippen molar-refractivity contribution in [1.29, 1.82) is 0 Å². The van der Waals surface area contributed by atoms with Crippen LogP contribution in [0.4, 0.5) is 4.39 Å². The standard InChI is InChI=1S/C17H12FNO3/c1-22-16-12(17(20)21)6-7-14(18)15(16)13-9-19-8-10-4-2-3-5-11(10)13/h2-9H,1H3,(H,20,21). The highest BCUT2D eigenvalue weighted by Crippen LogP contribution is 2.38. The van der Waals surface area contributed by atoms with Crippen molar-refractivity contribution in [2.24, 2.45) is 0 Å². The van der Waals surface area contributed by atoms with E-state index in [9.17, 15) is 14.3 Å². The van der Waals surface area contributed by atoms with Gasteiger partial charge in [-0.15, -0.1) is 0 Å². The molecule has 110 valence electrons. The number of carbonyl (C=O) groups is 1. The second-order valence-corrected chi connectivity index (χ2v) is 4.72. The molecular weight excluding hydrogens is 285 g/mol. The third kappa shape index (κ3) is 2.16. The molecular formula is C17H12FNO3. The van der Waals surface area contributed by atoms with Crippen molar-refractivity contribution in [2.45, 2.75) is 0 Å². The van der Waals surface area contributed by atoms with Crippen LogP contribution in [0, 0.1) is 5.82 Å². The molecule has 1 N–H and O–H groups in total. The van der Waals surface area contributed by atoms with Crippen LogP contribution < -0.4 is 4.74 Å². The summed E-state index contributed by atoms with van der Waals surface area (Å²) < 4.78 is 19.6. The minimum Gasteiger partial charge on any atom is -0.495 e. The highest BCUT2D eigenvalue weighted by atomic mass is 19.1. The Labute approximate surface area is 125 Å². The lowest BCUT2D eigenvalue weighted by atomic mass is 9.97. The fourth-order valence-corrected chi connectivity index (χ4v) is 2.51. The van der Waals surface area contributed by atoms with E-state index in [1.54, 1.807) is 6.20 Å². The molecule has 0 spiro atoms. The average Bonchev–Trinajstić information content (AvgIpc) is 2.53. The van der Waals surface area contributed by atoms with Gasteiger partial charge in [0.2, 0.25) is 0 Å². The molecule has 0 saturated heterocycles. The molecule has 0 atom stereocenters. The Kier molecular flexibility index (Phi) is 3.47. The van der Waals surface area contributed by atoms with Gasteiger partial charge >= 0.3 is 5.97 Å². The Morgan fingerprint density at radius 2 is 1.95 bits per heavy atom. The third-order valence-electron chi connectivity index (χ3n) is 3.48. The number of aromatic carboxylic acids is 1. The predicted octanol–water partition coefficient (Wildman–Crippen LogP) is 3.75. The predicted molar refractivity (Wildman–Crippen MR) is 80.6 cm³/mol. The van der Waals surface area contributed by atoms with Crippen molar-refractivity contribution in [3.63, 3.8) is 0 Å². The van der Waals surface area contributed by atoms with Crippen LogP contribution in [0.25, 0.3) is 21.9 Å². The van der Waals surface area contributed by atoms with Gasteiger partial charge in [-0.3, -0.25) is 4.98 Å². The average molecular weight is 297 g/mol. The van der Waals surface area contributed by atoms with Crippen molar-refractivity contribution in [3.8, 4) is 16.9 Å². The van der Waals surface area contributed by atoms with Gasteiger partial charge in [0, 0.05) is 23.3 Å². The van der Waals surface area contributed by atoms with Gasteiger partial charge in [-0.1, -0.05) is 24.3 Å². The summed E-state index contributed by atoms with van der Waals surface area (Å²) in [6.45, 7) is 0. The first kappa shape index (κ1) is 14.0. The number of nitrogens with zero attached hydrogens (tertiary/aromatic N) is 1. The highest BCUT2D eigenvalue weighted by molar-refractivity contribution is 6.01. The van der Waals surface area contributed by atoms with Gasteiger partial charge in [-0.05, 0) is 17.5 Å². The quantitative estimate of drug-likeness (QED) is 0.800. The minimum atomic E-state index is -1.17. The molecule has 0 radical (unpaired) electrons. The Morgan fingerprint density at radius 1 is 1.18 bits per heavy atom. The first-order valence-corrected chi connectivity index (χ1v) is 6.56. The van der Waals surface area contributed by atoms with Gasteiger partial charge in [0.25, 0.3) is 0 Å². The van der Waals surface area contributed by atoms with E-state index in [1.165, 1.54) is 19.4 Å². The normalized spacial score (nSPS) is 10.6. The Hall–Kier alpha value is -2.95. The van der Waals surface area contributed by atoms with Gasteiger partial charge in [0.15, 0.2) is 0 Å². The first-order valence-electron chi connectivity index (χ1n) is 6.56. The van der Waals surface area contributed by atoms with Crippen LogP contribution in [0.15, 0.2) is 48.8 Å². The van der Waals surface area contributed by atoms with Crippen molar-refractivity contribution >= 4 is 16.7 Å². The van der Waals surface area contributed by atoms with Crippen molar-refractivity contribution in [1.82, 2.24) is 4.98 Å². The number of carboxylic acids is 1. The van der Waals surface area contributed by atoms with Crippen molar-refractivity contribution in [2.75, 3.05) is 7.11 Å². The highest BCUT2D eigenvalue weighted by Gasteiger charge is 2.21. The van der Waals surface area contributed by atoms with E-state index in [0.29, 0.717) is 5.56 Å². The largest absolute Gasteiger partial charge is 0.495 e. The minimum absolute atomic E-state index is 0.00865. The number of hydrogen-bond acceptors (Lipinski definition) is 3. The molecule has 0 bridgehead atoms. The molecule has 4 nitrogen and oxygen atoms in total. The molecule has 3 aromatic rings. The fourth-order valence-electron chi connectivity index (χ4n) is 2.51. The van der Waals surface area contributed by atoms with Gasteiger partial charge in [-0.2, -0.15) is 0 Å². The lowest BCUT2D eigenvalue weighted by molar-refractivity contribution is 0.0693. The number of rotatable bonds is 3. The van der Waals surface area contributed by atoms with Crippen LogP contribution in [-0.2, 0) is 0 Å². The third-order valence-corrected chi connectivity index (χ3v) is 3.48. The molecule has 2 aromatic carbocycles. The maximum atomic E-state index is 14.4. The summed E-state index contributed by atoms with van der Waals surface area (Å²) in [7, 11) is 1.32. The maximum absolute atomic E-state index is 14.4. The second-order valence-electron chi connectivity index (χ2n) is 4.72. The number of aromatic nitrogens is 1. The van der Waals surface area contributed by atoms with Crippen molar-refractivity contribution in [3.05, 3.63) is 60.2 Å². The van der Waals surface area contributed by atoms with E-state index in [2.05, 4.69) is 4.98 Å². The number of methoxy groups -OCH3 is 1. The van der Waals surface area contributed by atoms with Crippen molar-refractivity contribution < 1.29 is 19.0 Å². The zero-order chi connectivity index (χ0) is 15.7. The van der Waals surface area contributed by atoms with Gasteiger partial charge in [-0.25, -0.2) is 9.18 Å². The number of benzene rings is 2. The summed E-state index contributed by atoms with van der Waals surface area (Å²) in [6, 6.07) is 9.70. The summed E-state index contributed by atoms with van der Waals surface area (Å²) in [5.74, 6) is -1.74. The number of pyridine rings is 1. The molecule has 0 fully saturated rings. The molecule has 1 aromatic heterocycles. The number of hydrogen-bond donors (Lipinski definition) is 1. The maximum Gasteiger partial charge on any atom is 0.339 e. The van der Waals surface area contributed by atoms with Gasteiger partial charge in [0.1, 0.15) is 17.1 Å². The SMILES string of the molecule is COc1c(C(=O)O)ccc(F)c1-c1cncc2ccccc12. The zero-order valence-corrected chi connectivity index (χ0v) is 11.7. The lowest BCUT2D eigenvalue weighted by Gasteiger charge is -2.14. The first-order chi connectivity index (χ1) is 10.6. The van der Waals surface area contributed by atoms with Gasteiger partial charge in [0.05, 0.1) is 12.7 Å². The number of halogens is 1. The molecule has 0 aliphatic heterocycles. The summed E-state index contributed by atoms with van der Waals surface area (Å²) in [4.78, 5) is 15.4. The lowest BCUT2D eigenvalue weighted by Crippen LogP contribution is -2.03. The molecule has 0 aliphatic rings. The Balaban J connectivity index is 2.40. The van der Waals surface area contributed by atoms with E-state index < -0.39 is 11.8 Å². The van der Waals surface area contributed by atoms with Crippen LogP contribution in [0.2, 0.25) is 0 Å². The molecule has 0 unspecified atom stereocenters. The molecule has 22 heavy (non-hydrogen) atoms. The fraction of sp³-hybridized carbons (Fsp3) is 0.0588. The number of ether oxygens (including phenoxy) is 1. The van der Waals surface area contributed by atoms with E-state index in [0.717, 1.165) is 16.8 Å². The van der Waals surface area contributed by atoms with Gasteiger partial charge < -0.3 is 9.84 Å². The summed E-state index contributed by atoms with van der Waals surface area (Å²) in [5, 5.41) is 10.9. The second kappa shape index (κ2) is 5.44. The number of carboxylic acid groups (broad SMARTS) is 1. The molecule has 0 saturated carbocycles. The van der Waals surface area contributed by atoms with E-state index in [1.807, 2.05) is 24.3 Å². The molecule has 5 heteroatoms. The zero-order valence-electron chi connectivity index (χ0n) is 11.7. The molecule has 0 amide bonds. The molecule has 3 rings (SSSR count). The molecule has 0 aliphatic carbocycles. The van der Waals surface area contributed by atoms with Crippen LogP contribution in [-0.4, -0.2) is 23.2 Å². The molecule has 1 heterocycles. The summed E-state index contributed by atoms with van der Waals surface area (Å²) in [5.41, 5.74) is 0.508. The Morgan fingerprint density at radius 3 is 2.68 bits per heavy atom. The summed E-state index contributed by atoms with van der Waals surface area (Å²) in [6.07, 6.45) is 3.18. The van der Waals surface area contributed by atoms with E-state index in [4.69, 9.17) is 4.74 Å². The monoisotopic (exact) mass is 297 g/mol. The Bertz CT molecular complexity index is 872. The van der Waals surface area contributed by atoms with E-state index in [-0.39, 0.29) is 16.9 Å². The topological polar surface area (TPSA) is 59.4 Å².